The predicted molar refractivity (Wildman–Crippen MR) is 69.4 cm³/mol. The molecule has 2 aliphatic rings. The molecule has 1 fully saturated rings. The summed E-state index contributed by atoms with van der Waals surface area (Å²) in [7, 11) is 0. The zero-order valence-corrected chi connectivity index (χ0v) is 10.3. The van der Waals surface area contributed by atoms with Crippen LogP contribution in [-0.2, 0) is 6.42 Å². The predicted octanol–water partition coefficient (Wildman–Crippen LogP) is 2.95. The van der Waals surface area contributed by atoms with Gasteiger partial charge in [-0.25, -0.2) is 0 Å². The van der Waals surface area contributed by atoms with Crippen molar-refractivity contribution in [3.63, 3.8) is 0 Å². The number of rotatable bonds is 2. The van der Waals surface area contributed by atoms with Gasteiger partial charge in [-0.2, -0.15) is 0 Å². The molecule has 0 bridgehead atoms. The molecule has 2 N–H and O–H groups in total. The smallest absolute Gasteiger partial charge is 0.115 e. The Morgan fingerprint density at radius 1 is 1.24 bits per heavy atom. The van der Waals surface area contributed by atoms with Gasteiger partial charge >= 0.3 is 0 Å². The maximum Gasteiger partial charge on any atom is 0.115 e. The fraction of sp³-hybridized carbons (Fsp3) is 0.600. The lowest BCUT2D eigenvalue weighted by molar-refractivity contribution is 0.438. The molecule has 2 unspecified atom stereocenters. The summed E-state index contributed by atoms with van der Waals surface area (Å²) < 4.78 is 0. The highest BCUT2D eigenvalue weighted by Crippen LogP contribution is 2.37. The highest BCUT2D eigenvalue weighted by molar-refractivity contribution is 5.38. The van der Waals surface area contributed by atoms with E-state index in [0.717, 1.165) is 0 Å². The van der Waals surface area contributed by atoms with Crippen molar-refractivity contribution in [2.24, 2.45) is 0 Å². The molecule has 1 aromatic rings. The van der Waals surface area contributed by atoms with Crippen molar-refractivity contribution >= 4 is 0 Å². The van der Waals surface area contributed by atoms with Crippen molar-refractivity contribution < 1.29 is 5.11 Å². The minimum absolute atomic E-state index is 0.426. The number of fused-ring (bicyclic) bond motifs is 1. The summed E-state index contributed by atoms with van der Waals surface area (Å²) in [6.45, 7) is 1.18. The Morgan fingerprint density at radius 3 is 3.00 bits per heavy atom. The first-order valence-electron chi connectivity index (χ1n) is 6.88. The first-order chi connectivity index (χ1) is 8.33. The summed E-state index contributed by atoms with van der Waals surface area (Å²) in [5, 5.41) is 13.2. The molecule has 2 heteroatoms. The molecule has 3 rings (SSSR count). The minimum Gasteiger partial charge on any atom is -0.508 e. The number of aromatic hydroxyl groups is 1. The van der Waals surface area contributed by atoms with E-state index in [9.17, 15) is 5.11 Å². The van der Waals surface area contributed by atoms with Gasteiger partial charge in [0.2, 0.25) is 0 Å². The van der Waals surface area contributed by atoms with Crippen LogP contribution in [0.15, 0.2) is 18.2 Å². The van der Waals surface area contributed by atoms with Gasteiger partial charge in [-0.1, -0.05) is 6.07 Å². The van der Waals surface area contributed by atoms with Crippen molar-refractivity contribution in [1.29, 1.82) is 0 Å². The van der Waals surface area contributed by atoms with E-state index >= 15 is 0 Å². The Bertz CT molecular complexity index is 396. The fourth-order valence-corrected chi connectivity index (χ4v) is 3.43. The number of hydrogen-bond acceptors (Lipinski definition) is 2. The van der Waals surface area contributed by atoms with Gasteiger partial charge in [0, 0.05) is 6.04 Å². The summed E-state index contributed by atoms with van der Waals surface area (Å²) in [6.07, 6.45) is 7.67. The zero-order valence-electron chi connectivity index (χ0n) is 10.3. The van der Waals surface area contributed by atoms with Crippen LogP contribution < -0.4 is 5.32 Å². The second-order valence-electron chi connectivity index (χ2n) is 5.50. The molecular weight excluding hydrogens is 210 g/mol. The summed E-state index contributed by atoms with van der Waals surface area (Å²) in [4.78, 5) is 0. The summed E-state index contributed by atoms with van der Waals surface area (Å²) in [5.41, 5.74) is 2.86. The molecule has 2 nitrogen and oxygen atoms in total. The SMILES string of the molecule is Oc1ccc2c(c1)C(CC1CCCN1)CCC2. The van der Waals surface area contributed by atoms with Crippen molar-refractivity contribution in [3.05, 3.63) is 29.3 Å². The Labute approximate surface area is 103 Å². The van der Waals surface area contributed by atoms with Crippen LogP contribution in [0.4, 0.5) is 0 Å². The third-order valence-corrected chi connectivity index (χ3v) is 4.30. The summed E-state index contributed by atoms with van der Waals surface area (Å²) in [5.74, 6) is 1.08. The van der Waals surface area contributed by atoms with E-state index in [-0.39, 0.29) is 0 Å². The molecule has 1 aliphatic carbocycles. The van der Waals surface area contributed by atoms with Crippen LogP contribution in [0.5, 0.6) is 5.75 Å². The standard InChI is InChI=1S/C15H21NO/c17-14-7-6-11-3-1-4-12(15(11)10-14)9-13-5-2-8-16-13/h6-7,10,12-13,16-17H,1-5,8-9H2. The van der Waals surface area contributed by atoms with E-state index in [2.05, 4.69) is 11.4 Å². The van der Waals surface area contributed by atoms with Gasteiger partial charge in [-0.05, 0) is 74.2 Å². The lowest BCUT2D eigenvalue weighted by Crippen LogP contribution is -2.25. The van der Waals surface area contributed by atoms with Crippen LogP contribution in [0.1, 0.15) is 49.1 Å². The van der Waals surface area contributed by atoms with E-state index < -0.39 is 0 Å². The van der Waals surface area contributed by atoms with E-state index in [0.29, 0.717) is 17.7 Å². The minimum atomic E-state index is 0.426. The van der Waals surface area contributed by atoms with Crippen LogP contribution in [-0.4, -0.2) is 17.7 Å². The van der Waals surface area contributed by atoms with Gasteiger partial charge in [-0.3, -0.25) is 0 Å². The van der Waals surface area contributed by atoms with Gasteiger partial charge in [0.15, 0.2) is 0 Å². The highest BCUT2D eigenvalue weighted by Gasteiger charge is 2.25. The Kier molecular flexibility index (Phi) is 3.06. The molecule has 1 aromatic carbocycles. The molecule has 92 valence electrons. The van der Waals surface area contributed by atoms with Gasteiger partial charge in [-0.15, -0.1) is 0 Å². The summed E-state index contributed by atoms with van der Waals surface area (Å²) in [6, 6.07) is 6.63. The van der Waals surface area contributed by atoms with Crippen LogP contribution in [0, 0.1) is 0 Å². The number of nitrogens with one attached hydrogen (secondary N) is 1. The zero-order chi connectivity index (χ0) is 11.7. The van der Waals surface area contributed by atoms with Gasteiger partial charge in [0.25, 0.3) is 0 Å². The van der Waals surface area contributed by atoms with Crippen LogP contribution in [0.2, 0.25) is 0 Å². The number of phenolic OH excluding ortho intramolecular Hbond substituents is 1. The Hall–Kier alpha value is -1.02. The third-order valence-electron chi connectivity index (χ3n) is 4.30. The Morgan fingerprint density at radius 2 is 2.18 bits per heavy atom. The molecular formula is C15H21NO. The molecule has 0 saturated carbocycles. The number of aryl methyl sites for hydroxylation is 1. The molecule has 0 spiro atoms. The lowest BCUT2D eigenvalue weighted by atomic mass is 9.79. The van der Waals surface area contributed by atoms with Crippen molar-refractivity contribution in [2.45, 2.75) is 50.5 Å². The first-order valence-corrected chi connectivity index (χ1v) is 6.88. The van der Waals surface area contributed by atoms with Crippen molar-refractivity contribution in [1.82, 2.24) is 5.32 Å². The molecule has 1 heterocycles. The maximum atomic E-state index is 9.65. The van der Waals surface area contributed by atoms with Gasteiger partial charge in [0.05, 0.1) is 0 Å². The second-order valence-corrected chi connectivity index (χ2v) is 5.50. The molecule has 17 heavy (non-hydrogen) atoms. The van der Waals surface area contributed by atoms with Crippen molar-refractivity contribution in [3.8, 4) is 5.75 Å². The highest BCUT2D eigenvalue weighted by atomic mass is 16.3. The largest absolute Gasteiger partial charge is 0.508 e. The van der Waals surface area contributed by atoms with Crippen molar-refractivity contribution in [2.75, 3.05) is 6.54 Å². The van der Waals surface area contributed by atoms with Crippen LogP contribution in [0.25, 0.3) is 0 Å². The second kappa shape index (κ2) is 4.69. The molecule has 0 aromatic heterocycles. The molecule has 2 atom stereocenters. The monoisotopic (exact) mass is 231 g/mol. The lowest BCUT2D eigenvalue weighted by Gasteiger charge is -2.27. The van der Waals surface area contributed by atoms with E-state index in [1.807, 2.05) is 12.1 Å². The number of benzene rings is 1. The molecule has 0 radical (unpaired) electrons. The molecule has 1 saturated heterocycles. The van der Waals surface area contributed by atoms with Crippen LogP contribution in [0.3, 0.4) is 0 Å². The first kappa shape index (κ1) is 11.1. The Balaban J connectivity index is 1.80. The number of hydrogen-bond donors (Lipinski definition) is 2. The van der Waals surface area contributed by atoms with Gasteiger partial charge < -0.3 is 10.4 Å². The average molecular weight is 231 g/mol. The average Bonchev–Trinajstić information content (AvgIpc) is 2.83. The van der Waals surface area contributed by atoms with E-state index in [1.54, 1.807) is 0 Å². The van der Waals surface area contributed by atoms with E-state index in [1.165, 1.54) is 56.2 Å². The topological polar surface area (TPSA) is 32.3 Å². The molecule has 1 aliphatic heterocycles. The van der Waals surface area contributed by atoms with Crippen LogP contribution >= 0.6 is 0 Å². The normalized spacial score (nSPS) is 28.0. The third kappa shape index (κ3) is 2.32. The maximum absolute atomic E-state index is 9.65. The number of phenols is 1. The fourth-order valence-electron chi connectivity index (χ4n) is 3.43. The van der Waals surface area contributed by atoms with Gasteiger partial charge in [0.1, 0.15) is 5.75 Å². The van der Waals surface area contributed by atoms with E-state index in [4.69, 9.17) is 0 Å². The quantitative estimate of drug-likeness (QED) is 0.820. The summed E-state index contributed by atoms with van der Waals surface area (Å²) >= 11 is 0. The molecule has 0 amide bonds.